The van der Waals surface area contributed by atoms with Gasteiger partial charge < -0.3 is 31.0 Å². The molecule has 0 heterocycles. The van der Waals surface area contributed by atoms with Crippen LogP contribution in [0.3, 0.4) is 0 Å². The van der Waals surface area contributed by atoms with E-state index in [0.717, 1.165) is 12.8 Å². The number of nitrogens with two attached hydrogens (primary N) is 2. The molecule has 112 valence electrons. The maximum atomic E-state index is 9.63. The average Bonchev–Trinajstić information content (AvgIpc) is 2.04. The minimum absolute atomic E-state index is 0. The third-order valence-corrected chi connectivity index (χ3v) is 3.79. The minimum atomic E-state index is -5.05. The summed E-state index contributed by atoms with van der Waals surface area (Å²) in [6, 6.07) is 0.562. The first kappa shape index (κ1) is 21.2. The van der Waals surface area contributed by atoms with Crippen LogP contribution in [0.1, 0.15) is 25.7 Å². The van der Waals surface area contributed by atoms with Crippen molar-refractivity contribution in [2.45, 2.75) is 37.8 Å². The van der Waals surface area contributed by atoms with Crippen molar-refractivity contribution in [2.24, 2.45) is 11.5 Å². The van der Waals surface area contributed by atoms with E-state index in [1.165, 1.54) is 12.8 Å². The van der Waals surface area contributed by atoms with Gasteiger partial charge in [-0.25, -0.2) is 9.13 Å². The summed E-state index contributed by atoms with van der Waals surface area (Å²) in [6.45, 7) is 0. The van der Waals surface area contributed by atoms with Gasteiger partial charge >= 0.3 is 36.7 Å². The average molecular weight is 487 g/mol. The van der Waals surface area contributed by atoms with Crippen LogP contribution in [-0.2, 0) is 34.5 Å². The molecule has 0 aliphatic heterocycles. The second kappa shape index (κ2) is 8.92. The smallest absolute Gasteiger partial charge is 0.326 e. The molecule has 1 rings (SSSR count). The predicted octanol–water partition coefficient (Wildman–Crippen LogP) is -0.599. The summed E-state index contributed by atoms with van der Waals surface area (Å²) in [5.74, 6) is 0. The summed E-state index contributed by atoms with van der Waals surface area (Å²) >= 11 is 0. The first-order valence-electron chi connectivity index (χ1n) is 4.85. The molecule has 0 radical (unpaired) electrons. The van der Waals surface area contributed by atoms with Gasteiger partial charge in [0.2, 0.25) is 0 Å². The molecule has 1 aliphatic rings. The van der Waals surface area contributed by atoms with Gasteiger partial charge in [-0.05, 0) is 12.8 Å². The molecule has 0 aromatic heterocycles. The molecule has 1 aliphatic carbocycles. The number of rotatable bonds is 2. The Kier molecular flexibility index (Phi) is 10.5. The van der Waals surface area contributed by atoms with Crippen LogP contribution >= 0.6 is 15.6 Å². The molecule has 8 N–H and O–H groups in total. The summed E-state index contributed by atoms with van der Waals surface area (Å²) in [5.41, 5.74) is 11.3. The first-order chi connectivity index (χ1) is 7.51. The van der Waals surface area contributed by atoms with Gasteiger partial charge in [0.25, 0.3) is 0 Å². The maximum Gasteiger partial charge on any atom is 2.00 e. The van der Waals surface area contributed by atoms with Crippen molar-refractivity contribution in [2.75, 3.05) is 0 Å². The van der Waals surface area contributed by atoms with E-state index in [1.54, 1.807) is 0 Å². The standard InChI is InChI=1S/C6H14N2.H4O7P2.Pt/c7-5-3-1-2-4-6(5)8;1-8(2,3)7-9(4,5)6;/h5-6H,1-4,7-8H2;(H2,1,2,3)(H2,4,5,6);/q;;+2/t5-,6-;;/m1../s1. The zero-order chi connectivity index (χ0) is 13.7. The van der Waals surface area contributed by atoms with E-state index in [2.05, 4.69) is 4.31 Å². The van der Waals surface area contributed by atoms with Crippen molar-refractivity contribution in [3.8, 4) is 0 Å². The van der Waals surface area contributed by atoms with Crippen LogP contribution in [0.5, 0.6) is 0 Å². The maximum absolute atomic E-state index is 9.63. The topological polar surface area (TPSA) is 176 Å². The Hall–Kier alpha value is 0.868. The largest absolute Gasteiger partial charge is 2.00 e. The van der Waals surface area contributed by atoms with E-state index in [1.807, 2.05) is 0 Å². The van der Waals surface area contributed by atoms with E-state index in [9.17, 15) is 9.13 Å². The Balaban J connectivity index is 0. The third kappa shape index (κ3) is 13.3. The molecule has 18 heavy (non-hydrogen) atoms. The molecule has 1 fully saturated rings. The van der Waals surface area contributed by atoms with Gasteiger partial charge in [-0.15, -0.1) is 0 Å². The molecular formula is C6H18N2O7P2Pt+2. The van der Waals surface area contributed by atoms with Gasteiger partial charge in [-0.3, -0.25) is 0 Å². The Bertz CT molecular complexity index is 289. The molecule has 0 bridgehead atoms. The van der Waals surface area contributed by atoms with Crippen molar-refractivity contribution < 1.29 is 54.1 Å². The molecule has 0 amide bonds. The molecule has 0 aromatic rings. The molecule has 12 heteroatoms. The fourth-order valence-electron chi connectivity index (χ4n) is 1.33. The molecule has 0 unspecified atom stereocenters. The zero-order valence-corrected chi connectivity index (χ0v) is 13.4. The Morgan fingerprint density at radius 3 is 1.28 bits per heavy atom. The van der Waals surface area contributed by atoms with E-state index in [0.29, 0.717) is 0 Å². The van der Waals surface area contributed by atoms with E-state index < -0.39 is 15.6 Å². The van der Waals surface area contributed by atoms with Gasteiger partial charge in [0.05, 0.1) is 0 Å². The normalized spacial score (nSPS) is 24.6. The van der Waals surface area contributed by atoms with Crippen molar-refractivity contribution in [3.63, 3.8) is 0 Å². The van der Waals surface area contributed by atoms with Crippen molar-refractivity contribution >= 4 is 15.6 Å². The van der Waals surface area contributed by atoms with Crippen LogP contribution in [0.25, 0.3) is 0 Å². The number of phosphoric acid groups is 2. The third-order valence-electron chi connectivity index (χ3n) is 2.09. The van der Waals surface area contributed by atoms with Crippen molar-refractivity contribution in [1.82, 2.24) is 0 Å². The fraction of sp³-hybridized carbons (Fsp3) is 1.00. The fourth-order valence-corrected chi connectivity index (χ4v) is 2.44. The second-order valence-electron chi connectivity index (χ2n) is 3.67. The minimum Gasteiger partial charge on any atom is -0.326 e. The van der Waals surface area contributed by atoms with Crippen LogP contribution in [-0.4, -0.2) is 31.7 Å². The van der Waals surface area contributed by atoms with Crippen LogP contribution in [0.15, 0.2) is 0 Å². The molecular weight excluding hydrogens is 469 g/mol. The summed E-state index contributed by atoms with van der Waals surface area (Å²) in [6.07, 6.45) is 4.80. The monoisotopic (exact) mass is 487 g/mol. The SMILES string of the molecule is N[C@@H]1CCCC[C@H]1N.O=P(O)(O)OP(=O)(O)O.[Pt+2]. The molecule has 0 spiro atoms. The van der Waals surface area contributed by atoms with Gasteiger partial charge in [-0.1, -0.05) is 12.8 Å². The van der Waals surface area contributed by atoms with Gasteiger partial charge in [0, 0.05) is 12.1 Å². The van der Waals surface area contributed by atoms with Gasteiger partial charge in [0.15, 0.2) is 0 Å². The van der Waals surface area contributed by atoms with Crippen LogP contribution < -0.4 is 11.5 Å². The molecule has 0 saturated heterocycles. The first-order valence-corrected chi connectivity index (χ1v) is 7.91. The van der Waals surface area contributed by atoms with Gasteiger partial charge in [0.1, 0.15) is 0 Å². The van der Waals surface area contributed by atoms with E-state index in [4.69, 9.17) is 31.0 Å². The molecule has 1 saturated carbocycles. The number of hydrogen-bond donors (Lipinski definition) is 6. The van der Waals surface area contributed by atoms with E-state index in [-0.39, 0.29) is 33.1 Å². The predicted molar refractivity (Wildman–Crippen MR) is 59.6 cm³/mol. The quantitative estimate of drug-likeness (QED) is 0.278. The number of hydrogen-bond acceptors (Lipinski definition) is 5. The summed E-state index contributed by atoms with van der Waals surface area (Å²) < 4.78 is 22.2. The van der Waals surface area contributed by atoms with Crippen molar-refractivity contribution in [1.29, 1.82) is 0 Å². The second-order valence-corrected chi connectivity index (χ2v) is 6.29. The molecule has 2 atom stereocenters. The summed E-state index contributed by atoms with van der Waals surface area (Å²) in [5, 5.41) is 0. The van der Waals surface area contributed by atoms with Gasteiger partial charge in [-0.2, -0.15) is 4.31 Å². The van der Waals surface area contributed by atoms with Crippen LogP contribution in [0.2, 0.25) is 0 Å². The van der Waals surface area contributed by atoms with E-state index >= 15 is 0 Å². The Labute approximate surface area is 119 Å². The summed E-state index contributed by atoms with van der Waals surface area (Å²) in [7, 11) is -10.1. The van der Waals surface area contributed by atoms with Crippen molar-refractivity contribution in [3.05, 3.63) is 0 Å². The summed E-state index contributed by atoms with van der Waals surface area (Å²) in [4.78, 5) is 31.0. The Morgan fingerprint density at radius 2 is 1.17 bits per heavy atom. The molecule has 0 aromatic carbocycles. The Morgan fingerprint density at radius 1 is 0.889 bits per heavy atom. The zero-order valence-electron chi connectivity index (χ0n) is 9.36. The molecule has 9 nitrogen and oxygen atoms in total. The van der Waals surface area contributed by atoms with Crippen LogP contribution in [0.4, 0.5) is 0 Å². The van der Waals surface area contributed by atoms with Crippen LogP contribution in [0, 0.1) is 0 Å².